The second-order valence-corrected chi connectivity index (χ2v) is 9.66. The number of halogens is 3. The lowest BCUT2D eigenvalue weighted by atomic mass is 10.1. The number of carbonyl (C=O) groups excluding carboxylic acids is 1. The van der Waals surface area contributed by atoms with E-state index in [-0.39, 0.29) is 22.7 Å². The van der Waals surface area contributed by atoms with E-state index in [2.05, 4.69) is 4.72 Å². The number of urea groups is 1. The summed E-state index contributed by atoms with van der Waals surface area (Å²) in [5.41, 5.74) is 0.794. The lowest BCUT2D eigenvalue weighted by Gasteiger charge is -2.36. The summed E-state index contributed by atoms with van der Waals surface area (Å²) < 4.78 is 69.8. The molecular formula is C24H22F3N3O3S. The second-order valence-electron chi connectivity index (χ2n) is 7.98. The Bertz CT molecular complexity index is 1350. The topological polar surface area (TPSA) is 69.7 Å². The van der Waals surface area contributed by atoms with Crippen molar-refractivity contribution in [3.8, 4) is 0 Å². The highest BCUT2D eigenvalue weighted by Crippen LogP contribution is 2.31. The summed E-state index contributed by atoms with van der Waals surface area (Å²) in [6.07, 6.45) is 0.535. The van der Waals surface area contributed by atoms with Crippen molar-refractivity contribution in [1.82, 2.24) is 4.90 Å². The molecule has 1 N–H and O–H groups in total. The maximum atomic E-state index is 14.1. The Kier molecular flexibility index (Phi) is 6.52. The van der Waals surface area contributed by atoms with Crippen LogP contribution in [0.5, 0.6) is 0 Å². The molecule has 0 aromatic heterocycles. The van der Waals surface area contributed by atoms with Gasteiger partial charge in [0.15, 0.2) is 0 Å². The first kappa shape index (κ1) is 23.6. The van der Waals surface area contributed by atoms with E-state index in [9.17, 15) is 26.4 Å². The van der Waals surface area contributed by atoms with Gasteiger partial charge >= 0.3 is 6.03 Å². The van der Waals surface area contributed by atoms with Gasteiger partial charge in [-0.25, -0.2) is 26.4 Å². The van der Waals surface area contributed by atoms with E-state index in [1.54, 1.807) is 18.2 Å². The molecule has 3 aromatic rings. The van der Waals surface area contributed by atoms with Crippen molar-refractivity contribution < 1.29 is 26.4 Å². The molecule has 0 atom stereocenters. The van der Waals surface area contributed by atoms with Crippen molar-refractivity contribution in [2.45, 2.75) is 24.8 Å². The van der Waals surface area contributed by atoms with Crippen molar-refractivity contribution in [3.05, 3.63) is 89.2 Å². The van der Waals surface area contributed by atoms with Crippen LogP contribution in [-0.2, 0) is 16.6 Å². The number of amides is 2. The Morgan fingerprint density at radius 2 is 1.71 bits per heavy atom. The quantitative estimate of drug-likeness (QED) is 0.527. The van der Waals surface area contributed by atoms with Gasteiger partial charge in [0, 0.05) is 18.7 Å². The number of sulfonamides is 1. The summed E-state index contributed by atoms with van der Waals surface area (Å²) in [6, 6.07) is 12.5. The molecule has 3 aromatic carbocycles. The first-order valence-electron chi connectivity index (χ1n) is 10.5. The van der Waals surface area contributed by atoms with Crippen molar-refractivity contribution in [1.29, 1.82) is 0 Å². The summed E-state index contributed by atoms with van der Waals surface area (Å²) in [4.78, 5) is 15.7. The molecule has 1 aliphatic rings. The van der Waals surface area contributed by atoms with Crippen LogP contribution >= 0.6 is 0 Å². The lowest BCUT2D eigenvalue weighted by Crippen LogP contribution is -2.49. The predicted molar refractivity (Wildman–Crippen MR) is 123 cm³/mol. The number of rotatable bonds is 6. The van der Waals surface area contributed by atoms with Crippen molar-refractivity contribution in [2.75, 3.05) is 22.7 Å². The predicted octanol–water partition coefficient (Wildman–Crippen LogP) is 5.05. The number of nitrogens with one attached hydrogen (secondary N) is 1. The molecule has 1 heterocycles. The average molecular weight is 490 g/mol. The number of anilines is 2. The molecule has 4 rings (SSSR count). The molecule has 0 saturated carbocycles. The first-order chi connectivity index (χ1) is 16.2. The number of benzene rings is 3. The van der Waals surface area contributed by atoms with Gasteiger partial charge in [-0.05, 0) is 61.4 Å². The Balaban J connectivity index is 1.60. The van der Waals surface area contributed by atoms with Crippen molar-refractivity contribution >= 4 is 27.4 Å². The zero-order chi connectivity index (χ0) is 24.5. The van der Waals surface area contributed by atoms with Crippen LogP contribution in [0, 0.1) is 24.4 Å². The van der Waals surface area contributed by atoms with Gasteiger partial charge in [-0.1, -0.05) is 18.2 Å². The summed E-state index contributed by atoms with van der Waals surface area (Å²) in [7, 11) is -4.14. The summed E-state index contributed by atoms with van der Waals surface area (Å²) in [5, 5.41) is 0. The number of nitrogens with zero attached hydrogens (tertiary/aromatic N) is 2. The van der Waals surface area contributed by atoms with Gasteiger partial charge in [0.25, 0.3) is 10.0 Å². The minimum Gasteiger partial charge on any atom is -0.320 e. The second kappa shape index (κ2) is 9.38. The van der Waals surface area contributed by atoms with Crippen LogP contribution in [-0.4, -0.2) is 32.4 Å². The van der Waals surface area contributed by atoms with Crippen LogP contribution in [0.15, 0.2) is 65.6 Å². The van der Waals surface area contributed by atoms with Crippen LogP contribution in [0.4, 0.5) is 29.3 Å². The Morgan fingerprint density at radius 1 is 0.941 bits per heavy atom. The molecule has 1 saturated heterocycles. The molecule has 10 heteroatoms. The van der Waals surface area contributed by atoms with Gasteiger partial charge < -0.3 is 4.90 Å². The normalized spacial score (nSPS) is 14.4. The Morgan fingerprint density at radius 3 is 2.47 bits per heavy atom. The minimum absolute atomic E-state index is 0.0468. The molecular weight excluding hydrogens is 467 g/mol. The minimum atomic E-state index is -4.14. The molecule has 178 valence electrons. The van der Waals surface area contributed by atoms with E-state index in [4.69, 9.17) is 0 Å². The number of hydrogen-bond donors (Lipinski definition) is 1. The first-order valence-corrected chi connectivity index (χ1v) is 12.0. The molecule has 0 radical (unpaired) electrons. The van der Waals surface area contributed by atoms with E-state index in [1.165, 1.54) is 34.9 Å². The van der Waals surface area contributed by atoms with Crippen molar-refractivity contribution in [3.63, 3.8) is 0 Å². The highest BCUT2D eigenvalue weighted by molar-refractivity contribution is 7.92. The maximum Gasteiger partial charge on any atom is 0.324 e. The lowest BCUT2D eigenvalue weighted by molar-refractivity contribution is 0.191. The molecule has 34 heavy (non-hydrogen) atoms. The summed E-state index contributed by atoms with van der Waals surface area (Å²) >= 11 is 0. The fourth-order valence-corrected chi connectivity index (χ4v) is 4.85. The van der Waals surface area contributed by atoms with Gasteiger partial charge in [-0.2, -0.15) is 0 Å². The average Bonchev–Trinajstić information content (AvgIpc) is 2.80. The molecule has 1 aliphatic heterocycles. The third-order valence-electron chi connectivity index (χ3n) is 5.57. The summed E-state index contributed by atoms with van der Waals surface area (Å²) in [6.45, 7) is 2.04. The zero-order valence-corrected chi connectivity index (χ0v) is 19.1. The fourth-order valence-electron chi connectivity index (χ4n) is 3.76. The molecule has 0 unspecified atom stereocenters. The van der Waals surface area contributed by atoms with E-state index < -0.39 is 33.5 Å². The monoisotopic (exact) mass is 489 g/mol. The van der Waals surface area contributed by atoms with Crippen LogP contribution in [0.2, 0.25) is 0 Å². The van der Waals surface area contributed by atoms with Gasteiger partial charge in [0.2, 0.25) is 0 Å². The number of para-hydroxylation sites is 2. The number of hydrogen-bond acceptors (Lipinski definition) is 3. The standard InChI is InChI=1S/C24H22F3N3O3S/c1-16-7-9-19(14-21(16)27)34(32,33)28-22-5-2-3-6-23(22)30-12-4-11-29(24(30)31)15-17-13-18(25)8-10-20(17)26/h2-3,5-10,13-14,28H,4,11-12,15H2,1H3. The van der Waals surface area contributed by atoms with Crippen molar-refractivity contribution in [2.24, 2.45) is 0 Å². The number of carbonyl (C=O) groups is 1. The van der Waals surface area contributed by atoms with E-state index in [0.29, 0.717) is 30.8 Å². The molecule has 0 spiro atoms. The molecule has 2 amide bonds. The third kappa shape index (κ3) is 4.86. The third-order valence-corrected chi connectivity index (χ3v) is 6.94. The van der Waals surface area contributed by atoms with E-state index in [0.717, 1.165) is 24.3 Å². The van der Waals surface area contributed by atoms with Crippen LogP contribution < -0.4 is 9.62 Å². The van der Waals surface area contributed by atoms with Crippen LogP contribution in [0.25, 0.3) is 0 Å². The Hall–Kier alpha value is -3.53. The highest BCUT2D eigenvalue weighted by atomic mass is 32.2. The molecule has 0 aliphatic carbocycles. The molecule has 6 nitrogen and oxygen atoms in total. The zero-order valence-electron chi connectivity index (χ0n) is 18.3. The van der Waals surface area contributed by atoms with E-state index in [1.807, 2.05) is 0 Å². The van der Waals surface area contributed by atoms with Gasteiger partial charge in [0.05, 0.1) is 22.8 Å². The molecule has 0 bridgehead atoms. The molecule has 1 fully saturated rings. The van der Waals surface area contributed by atoms with Gasteiger partial charge in [0.1, 0.15) is 17.5 Å². The fraction of sp³-hybridized carbons (Fsp3) is 0.208. The number of aryl methyl sites for hydroxylation is 1. The Labute approximate surface area is 195 Å². The maximum absolute atomic E-state index is 14.1. The largest absolute Gasteiger partial charge is 0.324 e. The smallest absolute Gasteiger partial charge is 0.320 e. The van der Waals surface area contributed by atoms with Crippen LogP contribution in [0.3, 0.4) is 0 Å². The SMILES string of the molecule is Cc1ccc(S(=O)(=O)Nc2ccccc2N2CCCN(Cc3cc(F)ccc3F)C2=O)cc1F. The van der Waals surface area contributed by atoms with E-state index >= 15 is 0 Å². The highest BCUT2D eigenvalue weighted by Gasteiger charge is 2.30. The van der Waals surface area contributed by atoms with Gasteiger partial charge in [-0.15, -0.1) is 0 Å². The summed E-state index contributed by atoms with van der Waals surface area (Å²) in [5.74, 6) is -1.88. The van der Waals surface area contributed by atoms with Crippen LogP contribution in [0.1, 0.15) is 17.5 Å². The van der Waals surface area contributed by atoms with Gasteiger partial charge in [-0.3, -0.25) is 9.62 Å².